The van der Waals surface area contributed by atoms with Crippen molar-refractivity contribution in [3.63, 3.8) is 0 Å². The van der Waals surface area contributed by atoms with Crippen molar-refractivity contribution in [2.45, 2.75) is 31.2 Å². The fraction of sp³-hybridized carbons (Fsp3) is 0.296. The molecule has 0 saturated heterocycles. The Labute approximate surface area is 191 Å². The van der Waals surface area contributed by atoms with Gasteiger partial charge < -0.3 is 10.6 Å². The van der Waals surface area contributed by atoms with Gasteiger partial charge in [0.2, 0.25) is 0 Å². The second kappa shape index (κ2) is 7.52. The summed E-state index contributed by atoms with van der Waals surface area (Å²) in [7, 11) is 0. The highest BCUT2D eigenvalue weighted by molar-refractivity contribution is 9.10. The topological polar surface area (TPSA) is 41.1 Å². The van der Waals surface area contributed by atoms with E-state index in [2.05, 4.69) is 69.0 Å². The summed E-state index contributed by atoms with van der Waals surface area (Å²) in [5.41, 5.74) is 5.44. The highest BCUT2D eigenvalue weighted by atomic mass is 79.9. The molecule has 0 unspecified atom stereocenters. The van der Waals surface area contributed by atoms with Crippen LogP contribution < -0.4 is 10.6 Å². The standard InChI is InChI=1S/C27H25BrN2O/c28-21-8-4-5-9-23(21)30-27(31)19-12-13-22-20(15-19)24-17-10-11-18(14-17)25(24)26(29-22)16-6-2-1-3-7-16/h1-9,12-13,15,17-18,24-26,29H,10-11,14H2,(H,30,31)/t17-,18-,24-,25+,26+/m0/s1. The number of carbonyl (C=O) groups excluding carboxylic acids is 1. The summed E-state index contributed by atoms with van der Waals surface area (Å²) in [4.78, 5) is 13.0. The molecule has 5 atom stereocenters. The van der Waals surface area contributed by atoms with E-state index in [1.165, 1.54) is 36.1 Å². The van der Waals surface area contributed by atoms with E-state index in [9.17, 15) is 4.79 Å². The van der Waals surface area contributed by atoms with Gasteiger partial charge in [0.1, 0.15) is 0 Å². The van der Waals surface area contributed by atoms with E-state index in [1.54, 1.807) is 0 Å². The van der Waals surface area contributed by atoms with Crippen LogP contribution >= 0.6 is 15.9 Å². The molecule has 3 nitrogen and oxygen atoms in total. The fourth-order valence-corrected chi connectivity index (χ4v) is 6.76. The zero-order valence-corrected chi connectivity index (χ0v) is 18.8. The van der Waals surface area contributed by atoms with Gasteiger partial charge in [-0.2, -0.15) is 0 Å². The molecule has 3 aliphatic rings. The van der Waals surface area contributed by atoms with Gasteiger partial charge in [-0.25, -0.2) is 0 Å². The number of rotatable bonds is 3. The summed E-state index contributed by atoms with van der Waals surface area (Å²) in [5, 5.41) is 6.91. The highest BCUT2D eigenvalue weighted by Gasteiger charge is 2.53. The molecule has 31 heavy (non-hydrogen) atoms. The minimum atomic E-state index is -0.0559. The lowest BCUT2D eigenvalue weighted by Gasteiger charge is -2.43. The van der Waals surface area contributed by atoms with Gasteiger partial charge >= 0.3 is 0 Å². The van der Waals surface area contributed by atoms with Crippen molar-refractivity contribution in [2.75, 3.05) is 10.6 Å². The zero-order chi connectivity index (χ0) is 20.9. The van der Waals surface area contributed by atoms with Gasteiger partial charge in [0.25, 0.3) is 5.91 Å². The maximum absolute atomic E-state index is 13.0. The van der Waals surface area contributed by atoms with Crippen LogP contribution in [0.1, 0.15) is 52.7 Å². The second-order valence-electron chi connectivity index (χ2n) is 9.21. The number of carbonyl (C=O) groups is 1. The number of hydrogen-bond acceptors (Lipinski definition) is 2. The van der Waals surface area contributed by atoms with Crippen LogP contribution in [0.4, 0.5) is 11.4 Å². The number of fused-ring (bicyclic) bond motifs is 7. The molecule has 0 aromatic heterocycles. The van der Waals surface area contributed by atoms with Gasteiger partial charge in [0, 0.05) is 15.7 Å². The van der Waals surface area contributed by atoms with Crippen molar-refractivity contribution in [1.82, 2.24) is 0 Å². The molecule has 3 aromatic rings. The normalized spacial score (nSPS) is 27.8. The predicted octanol–water partition coefficient (Wildman–Crippen LogP) is 7.00. The minimum absolute atomic E-state index is 0.0559. The second-order valence-corrected chi connectivity index (χ2v) is 10.1. The molecule has 2 fully saturated rings. The number of nitrogens with one attached hydrogen (secondary N) is 2. The number of benzene rings is 3. The van der Waals surface area contributed by atoms with Crippen molar-refractivity contribution in [1.29, 1.82) is 0 Å². The molecule has 0 spiro atoms. The molecule has 2 N–H and O–H groups in total. The number of hydrogen-bond donors (Lipinski definition) is 2. The van der Waals surface area contributed by atoms with E-state index in [0.29, 0.717) is 17.9 Å². The Morgan fingerprint density at radius 3 is 2.55 bits per heavy atom. The van der Waals surface area contributed by atoms with E-state index in [-0.39, 0.29) is 5.91 Å². The molecule has 2 bridgehead atoms. The molecular formula is C27H25BrN2O. The van der Waals surface area contributed by atoms with Crippen LogP contribution in [0, 0.1) is 17.8 Å². The summed E-state index contributed by atoms with van der Waals surface area (Å²) in [6.45, 7) is 0. The first-order chi connectivity index (χ1) is 15.2. The summed E-state index contributed by atoms with van der Waals surface area (Å²) in [6, 6.07) is 25.2. The fourth-order valence-electron chi connectivity index (χ4n) is 6.37. The average molecular weight is 473 g/mol. The molecule has 6 rings (SSSR count). The third kappa shape index (κ3) is 3.20. The van der Waals surface area contributed by atoms with Crippen molar-refractivity contribution < 1.29 is 4.79 Å². The van der Waals surface area contributed by atoms with E-state index in [0.717, 1.165) is 27.6 Å². The van der Waals surface area contributed by atoms with Gasteiger partial charge in [-0.3, -0.25) is 4.79 Å². The van der Waals surface area contributed by atoms with Crippen molar-refractivity contribution in [3.05, 3.63) is 94.0 Å². The lowest BCUT2D eigenvalue weighted by Crippen LogP contribution is -2.35. The van der Waals surface area contributed by atoms with Crippen molar-refractivity contribution >= 4 is 33.2 Å². The zero-order valence-electron chi connectivity index (χ0n) is 17.2. The number of anilines is 2. The number of para-hydroxylation sites is 1. The van der Waals surface area contributed by atoms with Crippen LogP contribution in [-0.4, -0.2) is 5.91 Å². The Morgan fingerprint density at radius 1 is 0.935 bits per heavy atom. The molecule has 1 aliphatic heterocycles. The van der Waals surface area contributed by atoms with E-state index in [4.69, 9.17) is 0 Å². The van der Waals surface area contributed by atoms with E-state index >= 15 is 0 Å². The summed E-state index contributed by atoms with van der Waals surface area (Å²) in [6.07, 6.45) is 3.99. The lowest BCUT2D eigenvalue weighted by molar-refractivity contribution is 0.102. The molecular weight excluding hydrogens is 448 g/mol. The Balaban J connectivity index is 1.36. The summed E-state index contributed by atoms with van der Waals surface area (Å²) >= 11 is 3.52. The summed E-state index contributed by atoms with van der Waals surface area (Å²) < 4.78 is 0.891. The molecule has 1 amide bonds. The van der Waals surface area contributed by atoms with Crippen LogP contribution in [0.3, 0.4) is 0 Å². The highest BCUT2D eigenvalue weighted by Crippen LogP contribution is 2.63. The predicted molar refractivity (Wildman–Crippen MR) is 128 cm³/mol. The molecule has 0 radical (unpaired) electrons. The maximum Gasteiger partial charge on any atom is 0.255 e. The van der Waals surface area contributed by atoms with Crippen LogP contribution in [0.5, 0.6) is 0 Å². The Bertz CT molecular complexity index is 1140. The number of halogens is 1. The average Bonchev–Trinajstić information content (AvgIpc) is 3.43. The van der Waals surface area contributed by atoms with Crippen molar-refractivity contribution in [2.24, 2.45) is 17.8 Å². The van der Waals surface area contributed by atoms with Gasteiger partial charge in [0.15, 0.2) is 0 Å². The Kier molecular flexibility index (Phi) is 4.64. The van der Waals surface area contributed by atoms with E-state index < -0.39 is 0 Å². The molecule has 3 aromatic carbocycles. The van der Waals surface area contributed by atoms with Crippen LogP contribution in [0.15, 0.2) is 77.3 Å². The van der Waals surface area contributed by atoms with E-state index in [1.807, 2.05) is 30.3 Å². The Morgan fingerprint density at radius 2 is 1.71 bits per heavy atom. The molecule has 2 aliphatic carbocycles. The molecule has 1 heterocycles. The van der Waals surface area contributed by atoms with Crippen LogP contribution in [0.2, 0.25) is 0 Å². The van der Waals surface area contributed by atoms with Gasteiger partial charge in [0.05, 0.1) is 11.7 Å². The smallest absolute Gasteiger partial charge is 0.255 e. The van der Waals surface area contributed by atoms with Gasteiger partial charge in [-0.05, 0) is 100 Å². The van der Waals surface area contributed by atoms with Gasteiger partial charge in [-0.15, -0.1) is 0 Å². The monoisotopic (exact) mass is 472 g/mol. The van der Waals surface area contributed by atoms with Gasteiger partial charge in [-0.1, -0.05) is 42.5 Å². The molecule has 156 valence electrons. The van der Waals surface area contributed by atoms with Crippen LogP contribution in [0.25, 0.3) is 0 Å². The Hall–Kier alpha value is -2.59. The minimum Gasteiger partial charge on any atom is -0.378 e. The first-order valence-corrected chi connectivity index (χ1v) is 12.0. The van der Waals surface area contributed by atoms with Crippen LogP contribution in [-0.2, 0) is 0 Å². The third-order valence-electron chi connectivity index (χ3n) is 7.63. The molecule has 4 heteroatoms. The SMILES string of the molecule is O=C(Nc1ccccc1Br)c1ccc2c(c1)[C@@H]1[C@H]3CC[C@@H](C3)[C@H]1[C@@H](c1ccccc1)N2. The first kappa shape index (κ1) is 19.1. The quantitative estimate of drug-likeness (QED) is 0.430. The third-order valence-corrected chi connectivity index (χ3v) is 8.32. The molecule has 2 saturated carbocycles. The largest absolute Gasteiger partial charge is 0.378 e. The number of amides is 1. The first-order valence-electron chi connectivity index (χ1n) is 11.2. The maximum atomic E-state index is 13.0. The van der Waals surface area contributed by atoms with Crippen molar-refractivity contribution in [3.8, 4) is 0 Å². The lowest BCUT2D eigenvalue weighted by atomic mass is 9.68. The summed E-state index contributed by atoms with van der Waals surface area (Å²) in [5.74, 6) is 2.61.